The number of hydrogen-bond acceptors (Lipinski definition) is 5. The lowest BCUT2D eigenvalue weighted by Gasteiger charge is -2.22. The molecule has 5 nitrogen and oxygen atoms in total. The van der Waals surface area contributed by atoms with E-state index >= 15 is 0 Å². The Morgan fingerprint density at radius 3 is 1.83 bits per heavy atom. The van der Waals surface area contributed by atoms with Crippen LogP contribution in [0, 0.1) is 0 Å². The summed E-state index contributed by atoms with van der Waals surface area (Å²) >= 11 is 0. The van der Waals surface area contributed by atoms with Gasteiger partial charge in [0.25, 0.3) is 0 Å². The summed E-state index contributed by atoms with van der Waals surface area (Å²) in [5.41, 5.74) is 0. The van der Waals surface area contributed by atoms with Gasteiger partial charge in [-0.3, -0.25) is 0 Å². The molecule has 0 radical (unpaired) electrons. The SMILES string of the molecule is O=P([O-])([O-])OO. The smallest absolute Gasteiger partial charge is 0.0998 e. The van der Waals surface area contributed by atoms with Crippen molar-refractivity contribution in [2.45, 2.75) is 0 Å². The third-order valence-electron chi connectivity index (χ3n) is 0.100. The molecular formula is HO5P-2. The molecule has 0 aromatic carbocycles. The molecule has 0 aromatic rings. The van der Waals surface area contributed by atoms with E-state index in [1.165, 1.54) is 0 Å². The van der Waals surface area contributed by atoms with Gasteiger partial charge in [0.15, 0.2) is 0 Å². The maximum Gasteiger partial charge on any atom is 0.0998 e. The van der Waals surface area contributed by atoms with E-state index in [0.717, 1.165) is 0 Å². The summed E-state index contributed by atoms with van der Waals surface area (Å²) in [4.78, 5) is 18.0. The quantitative estimate of drug-likeness (QED) is 0.248. The van der Waals surface area contributed by atoms with Crippen LogP contribution >= 0.6 is 7.82 Å². The van der Waals surface area contributed by atoms with Gasteiger partial charge in [-0.2, -0.15) is 0 Å². The van der Waals surface area contributed by atoms with E-state index in [4.69, 9.17) is 19.6 Å². The van der Waals surface area contributed by atoms with E-state index in [1.807, 2.05) is 0 Å². The van der Waals surface area contributed by atoms with Gasteiger partial charge in [0.05, 0.1) is 7.82 Å². The van der Waals surface area contributed by atoms with Gasteiger partial charge in [-0.15, -0.1) is 0 Å². The van der Waals surface area contributed by atoms with E-state index in [0.29, 0.717) is 0 Å². The Kier molecular flexibility index (Phi) is 1.70. The summed E-state index contributed by atoms with van der Waals surface area (Å²) in [6, 6.07) is 0. The molecular weight excluding hydrogens is 111 g/mol. The monoisotopic (exact) mass is 112 g/mol. The fourth-order valence-electron chi connectivity index (χ4n) is 0. The second kappa shape index (κ2) is 1.68. The van der Waals surface area contributed by atoms with Crippen molar-refractivity contribution in [1.82, 2.24) is 0 Å². The van der Waals surface area contributed by atoms with Crippen molar-refractivity contribution in [3.8, 4) is 0 Å². The third kappa shape index (κ3) is 4.07. The van der Waals surface area contributed by atoms with E-state index in [9.17, 15) is 0 Å². The van der Waals surface area contributed by atoms with Crippen LogP contribution in [-0.2, 0) is 9.24 Å². The second-order valence-corrected chi connectivity index (χ2v) is 1.59. The normalized spacial score (nSPS) is 11.8. The maximum atomic E-state index is 9.00. The first-order chi connectivity index (χ1) is 2.56. The molecule has 0 amide bonds. The molecule has 0 heterocycles. The molecule has 0 saturated carbocycles. The standard InChI is InChI=1S/H3O5P/c1-5-6(2,3)4/h1H,(H2,2,3,4)/p-2. The minimum atomic E-state index is -5.09. The van der Waals surface area contributed by atoms with Gasteiger partial charge in [-0.1, -0.05) is 0 Å². The van der Waals surface area contributed by atoms with Crippen LogP contribution < -0.4 is 9.79 Å². The molecule has 6 heavy (non-hydrogen) atoms. The maximum absolute atomic E-state index is 9.00. The summed E-state index contributed by atoms with van der Waals surface area (Å²) < 4.78 is 11.4. The number of phosphoric acid groups is 1. The summed E-state index contributed by atoms with van der Waals surface area (Å²) in [5, 5.41) is 7.01. The summed E-state index contributed by atoms with van der Waals surface area (Å²) in [6.07, 6.45) is 0. The molecule has 1 N–H and O–H groups in total. The Morgan fingerprint density at radius 1 is 1.67 bits per heavy atom. The van der Waals surface area contributed by atoms with E-state index in [2.05, 4.69) is 4.67 Å². The molecule has 0 bridgehead atoms. The Hall–Kier alpha value is 0.0700. The van der Waals surface area contributed by atoms with Crippen LogP contribution in [0.15, 0.2) is 0 Å². The lowest BCUT2D eigenvalue weighted by atomic mass is 15.0. The fourth-order valence-corrected chi connectivity index (χ4v) is 0. The first kappa shape index (κ1) is 6.07. The zero-order valence-electron chi connectivity index (χ0n) is 2.53. The van der Waals surface area contributed by atoms with Crippen molar-refractivity contribution in [1.29, 1.82) is 0 Å². The molecule has 0 unspecified atom stereocenters. The molecule has 0 aliphatic heterocycles. The lowest BCUT2D eigenvalue weighted by Crippen LogP contribution is -2.14. The Morgan fingerprint density at radius 2 is 1.83 bits per heavy atom. The molecule has 0 aromatic heterocycles. The van der Waals surface area contributed by atoms with Gasteiger partial charge >= 0.3 is 0 Å². The second-order valence-electron chi connectivity index (χ2n) is 0.529. The Bertz CT molecular complexity index is 68.0. The van der Waals surface area contributed by atoms with Gasteiger partial charge in [-0.05, 0) is 0 Å². The highest BCUT2D eigenvalue weighted by Gasteiger charge is 1.78. The molecule has 0 rings (SSSR count). The average Bonchev–Trinajstić information content (AvgIpc) is 1.35. The molecule has 0 atom stereocenters. The number of rotatable bonds is 1. The number of hydrogen-bond donors (Lipinski definition) is 1. The van der Waals surface area contributed by atoms with Crippen molar-refractivity contribution >= 4 is 7.82 Å². The summed E-state index contributed by atoms with van der Waals surface area (Å²) in [6.45, 7) is 0. The van der Waals surface area contributed by atoms with Gasteiger partial charge in [0.1, 0.15) is 0 Å². The zero-order chi connectivity index (χ0) is 5.21. The fraction of sp³-hybridized carbons (Fsp3) is 0. The van der Waals surface area contributed by atoms with Gasteiger partial charge in [-0.25, -0.2) is 9.93 Å². The van der Waals surface area contributed by atoms with Crippen molar-refractivity contribution in [2.24, 2.45) is 0 Å². The first-order valence-electron chi connectivity index (χ1n) is 0.913. The highest BCUT2D eigenvalue weighted by atomic mass is 31.2. The van der Waals surface area contributed by atoms with Crippen LogP contribution in [0.2, 0.25) is 0 Å². The van der Waals surface area contributed by atoms with Gasteiger partial charge in [0, 0.05) is 0 Å². The minimum absolute atomic E-state index is 2.38. The predicted molar refractivity (Wildman–Crippen MR) is 11.3 cm³/mol. The van der Waals surface area contributed by atoms with E-state index in [1.54, 1.807) is 0 Å². The Labute approximate surface area is 33.3 Å². The molecule has 0 aliphatic carbocycles. The van der Waals surface area contributed by atoms with Crippen LogP contribution in [0.5, 0.6) is 0 Å². The molecule has 6 heteroatoms. The van der Waals surface area contributed by atoms with Crippen molar-refractivity contribution < 1.29 is 24.3 Å². The first-order valence-corrected chi connectivity index (χ1v) is 2.37. The third-order valence-corrected chi connectivity index (χ3v) is 0.300. The van der Waals surface area contributed by atoms with Crippen molar-refractivity contribution in [3.63, 3.8) is 0 Å². The minimum Gasteiger partial charge on any atom is -0.788 e. The molecule has 38 valence electrons. The molecule has 0 fully saturated rings. The van der Waals surface area contributed by atoms with Gasteiger partial charge < -0.3 is 14.4 Å². The molecule has 0 saturated heterocycles. The van der Waals surface area contributed by atoms with Crippen LogP contribution in [-0.4, -0.2) is 5.26 Å². The highest BCUT2D eigenvalue weighted by Crippen LogP contribution is 2.20. The van der Waals surface area contributed by atoms with Crippen LogP contribution in [0.4, 0.5) is 0 Å². The summed E-state index contributed by atoms with van der Waals surface area (Å²) in [5.74, 6) is 0. The summed E-state index contributed by atoms with van der Waals surface area (Å²) in [7, 11) is -5.09. The largest absolute Gasteiger partial charge is 0.788 e. The molecule has 0 spiro atoms. The Balaban J connectivity index is 3.48. The van der Waals surface area contributed by atoms with E-state index in [-0.39, 0.29) is 0 Å². The molecule has 0 aliphatic rings. The predicted octanol–water partition coefficient (Wildman–Crippen LogP) is -1.70. The van der Waals surface area contributed by atoms with Crippen LogP contribution in [0.25, 0.3) is 0 Å². The van der Waals surface area contributed by atoms with Crippen LogP contribution in [0.1, 0.15) is 0 Å². The van der Waals surface area contributed by atoms with Gasteiger partial charge in [0.2, 0.25) is 0 Å². The lowest BCUT2D eigenvalue weighted by molar-refractivity contribution is -0.379. The van der Waals surface area contributed by atoms with Crippen LogP contribution in [0.3, 0.4) is 0 Å². The van der Waals surface area contributed by atoms with E-state index < -0.39 is 7.82 Å². The highest BCUT2D eigenvalue weighted by molar-refractivity contribution is 7.43. The average molecular weight is 112 g/mol. The van der Waals surface area contributed by atoms with Crippen molar-refractivity contribution in [3.05, 3.63) is 0 Å². The topological polar surface area (TPSA) is 92.7 Å². The van der Waals surface area contributed by atoms with Crippen molar-refractivity contribution in [2.75, 3.05) is 0 Å². The zero-order valence-corrected chi connectivity index (χ0v) is 3.42.